The summed E-state index contributed by atoms with van der Waals surface area (Å²) in [5.74, 6) is 0. The number of H-pyrrole nitrogens is 1. The molecule has 0 aliphatic carbocycles. The average Bonchev–Trinajstić information content (AvgIpc) is 2.80. The first-order valence-corrected chi connectivity index (χ1v) is 5.68. The van der Waals surface area contributed by atoms with Gasteiger partial charge in [-0.3, -0.25) is 10.00 Å². The van der Waals surface area contributed by atoms with Crippen molar-refractivity contribution in [2.45, 2.75) is 32.4 Å². The first-order valence-electron chi connectivity index (χ1n) is 5.68. The van der Waals surface area contributed by atoms with Crippen LogP contribution in [0.1, 0.15) is 24.1 Å². The van der Waals surface area contributed by atoms with Gasteiger partial charge in [-0.15, -0.1) is 12.4 Å². The Morgan fingerprint density at radius 1 is 1.62 bits per heavy atom. The van der Waals surface area contributed by atoms with Crippen LogP contribution in [0.4, 0.5) is 0 Å². The van der Waals surface area contributed by atoms with E-state index < -0.39 is 0 Å². The van der Waals surface area contributed by atoms with E-state index in [2.05, 4.69) is 27.3 Å². The van der Waals surface area contributed by atoms with E-state index >= 15 is 0 Å². The Morgan fingerprint density at radius 3 is 3.06 bits per heavy atom. The number of hydrogen-bond acceptors (Lipinski definition) is 3. The van der Waals surface area contributed by atoms with Gasteiger partial charge in [-0.05, 0) is 33.4 Å². The van der Waals surface area contributed by atoms with E-state index in [-0.39, 0.29) is 12.4 Å². The highest BCUT2D eigenvalue weighted by molar-refractivity contribution is 5.85. The molecule has 2 N–H and O–H groups in total. The quantitative estimate of drug-likeness (QED) is 0.840. The van der Waals surface area contributed by atoms with Crippen molar-refractivity contribution in [2.24, 2.45) is 0 Å². The number of halogens is 1. The van der Waals surface area contributed by atoms with Crippen molar-refractivity contribution in [2.75, 3.05) is 20.1 Å². The van der Waals surface area contributed by atoms with Crippen molar-refractivity contribution in [1.82, 2.24) is 20.4 Å². The summed E-state index contributed by atoms with van der Waals surface area (Å²) < 4.78 is 0. The van der Waals surface area contributed by atoms with E-state index in [0.717, 1.165) is 13.1 Å². The molecule has 1 aliphatic heterocycles. The van der Waals surface area contributed by atoms with Crippen LogP contribution in [0.25, 0.3) is 0 Å². The van der Waals surface area contributed by atoms with Crippen LogP contribution in [0.15, 0.2) is 6.20 Å². The molecule has 5 heteroatoms. The second kappa shape index (κ2) is 6.23. The summed E-state index contributed by atoms with van der Waals surface area (Å²) in [7, 11) is 2.03. The second-order valence-electron chi connectivity index (χ2n) is 4.34. The number of rotatable bonds is 4. The molecule has 1 atom stereocenters. The zero-order chi connectivity index (χ0) is 10.7. The monoisotopic (exact) mass is 244 g/mol. The number of nitrogens with zero attached hydrogens (tertiary/aromatic N) is 2. The minimum Gasteiger partial charge on any atom is -0.318 e. The molecule has 0 aromatic carbocycles. The topological polar surface area (TPSA) is 44.0 Å². The van der Waals surface area contributed by atoms with Crippen LogP contribution < -0.4 is 5.32 Å². The lowest BCUT2D eigenvalue weighted by Crippen LogP contribution is -2.36. The highest BCUT2D eigenvalue weighted by atomic mass is 35.5. The maximum Gasteiger partial charge on any atom is 0.0535 e. The van der Waals surface area contributed by atoms with Crippen LogP contribution in [-0.2, 0) is 6.54 Å². The predicted octanol–water partition coefficient (Wildman–Crippen LogP) is 1.32. The van der Waals surface area contributed by atoms with Crippen LogP contribution in [0, 0.1) is 6.92 Å². The summed E-state index contributed by atoms with van der Waals surface area (Å²) >= 11 is 0. The number of likely N-dealkylation sites (tertiary alicyclic amines) is 1. The fourth-order valence-electron chi connectivity index (χ4n) is 2.32. The van der Waals surface area contributed by atoms with Gasteiger partial charge in [-0.1, -0.05) is 0 Å². The Morgan fingerprint density at radius 2 is 2.44 bits per heavy atom. The molecule has 0 spiro atoms. The summed E-state index contributed by atoms with van der Waals surface area (Å²) in [6.45, 7) is 5.44. The molecule has 1 aliphatic rings. The fourth-order valence-corrected chi connectivity index (χ4v) is 2.32. The molecular weight excluding hydrogens is 224 g/mol. The third kappa shape index (κ3) is 2.97. The molecule has 0 radical (unpaired) electrons. The smallest absolute Gasteiger partial charge is 0.0535 e. The lowest BCUT2D eigenvalue weighted by molar-refractivity contribution is 0.242. The summed E-state index contributed by atoms with van der Waals surface area (Å²) in [5.41, 5.74) is 2.53. The van der Waals surface area contributed by atoms with Crippen LogP contribution in [-0.4, -0.2) is 41.3 Å². The van der Waals surface area contributed by atoms with Gasteiger partial charge in [0.15, 0.2) is 0 Å². The SMILES string of the molecule is CNCC1CCCN1Cc1cn[nH]c1C.Cl. The highest BCUT2D eigenvalue weighted by Gasteiger charge is 2.24. The molecule has 1 saturated heterocycles. The molecular formula is C11H21ClN4. The van der Waals surface area contributed by atoms with Gasteiger partial charge in [0.05, 0.1) is 6.20 Å². The Kier molecular flexibility index (Phi) is 5.25. The second-order valence-corrected chi connectivity index (χ2v) is 4.34. The molecule has 1 aromatic heterocycles. The van der Waals surface area contributed by atoms with Gasteiger partial charge < -0.3 is 5.32 Å². The lowest BCUT2D eigenvalue weighted by Gasteiger charge is -2.23. The zero-order valence-electron chi connectivity index (χ0n) is 9.99. The molecule has 2 heterocycles. The van der Waals surface area contributed by atoms with Gasteiger partial charge in [0, 0.05) is 30.4 Å². The minimum atomic E-state index is 0. The van der Waals surface area contributed by atoms with Crippen molar-refractivity contribution < 1.29 is 0 Å². The van der Waals surface area contributed by atoms with Crippen LogP contribution in [0.5, 0.6) is 0 Å². The molecule has 4 nitrogen and oxygen atoms in total. The summed E-state index contributed by atoms with van der Waals surface area (Å²) in [4.78, 5) is 2.55. The van der Waals surface area contributed by atoms with Gasteiger partial charge in [0.1, 0.15) is 0 Å². The van der Waals surface area contributed by atoms with E-state index in [9.17, 15) is 0 Å². The number of hydrogen-bond donors (Lipinski definition) is 2. The summed E-state index contributed by atoms with van der Waals surface area (Å²) in [6.07, 6.45) is 4.59. The summed E-state index contributed by atoms with van der Waals surface area (Å²) in [6, 6.07) is 0.698. The summed E-state index contributed by atoms with van der Waals surface area (Å²) in [5, 5.41) is 10.3. The van der Waals surface area contributed by atoms with Gasteiger partial charge >= 0.3 is 0 Å². The van der Waals surface area contributed by atoms with Crippen molar-refractivity contribution >= 4 is 12.4 Å². The minimum absolute atomic E-state index is 0. The Hall–Kier alpha value is -0.580. The third-order valence-electron chi connectivity index (χ3n) is 3.25. The van der Waals surface area contributed by atoms with E-state index in [1.165, 1.54) is 30.6 Å². The molecule has 2 rings (SSSR count). The van der Waals surface area contributed by atoms with Gasteiger partial charge in [0.25, 0.3) is 0 Å². The first kappa shape index (κ1) is 13.5. The van der Waals surface area contributed by atoms with Gasteiger partial charge in [0.2, 0.25) is 0 Å². The first-order chi connectivity index (χ1) is 7.31. The van der Waals surface area contributed by atoms with E-state index in [0.29, 0.717) is 6.04 Å². The Bertz CT molecular complexity index is 313. The third-order valence-corrected chi connectivity index (χ3v) is 3.25. The number of aromatic amines is 1. The zero-order valence-corrected chi connectivity index (χ0v) is 10.8. The highest BCUT2D eigenvalue weighted by Crippen LogP contribution is 2.20. The normalized spacial score (nSPS) is 21.0. The maximum absolute atomic E-state index is 4.07. The maximum atomic E-state index is 4.07. The van der Waals surface area contributed by atoms with Crippen LogP contribution in [0.3, 0.4) is 0 Å². The number of nitrogens with one attached hydrogen (secondary N) is 2. The number of aromatic nitrogens is 2. The Balaban J connectivity index is 0.00000128. The molecule has 0 saturated carbocycles. The molecule has 0 amide bonds. The number of likely N-dealkylation sites (N-methyl/N-ethyl adjacent to an activating group) is 1. The molecule has 1 aromatic rings. The van der Waals surface area contributed by atoms with Crippen LogP contribution in [0.2, 0.25) is 0 Å². The fraction of sp³-hybridized carbons (Fsp3) is 0.727. The predicted molar refractivity (Wildman–Crippen MR) is 67.9 cm³/mol. The van der Waals surface area contributed by atoms with Gasteiger partial charge in [-0.25, -0.2) is 0 Å². The van der Waals surface area contributed by atoms with Gasteiger partial charge in [-0.2, -0.15) is 5.10 Å². The largest absolute Gasteiger partial charge is 0.318 e. The van der Waals surface area contributed by atoms with Crippen molar-refractivity contribution in [3.63, 3.8) is 0 Å². The number of aryl methyl sites for hydroxylation is 1. The molecule has 92 valence electrons. The van der Waals surface area contributed by atoms with E-state index in [1.807, 2.05) is 13.2 Å². The van der Waals surface area contributed by atoms with Crippen molar-refractivity contribution in [3.8, 4) is 0 Å². The molecule has 1 fully saturated rings. The molecule has 1 unspecified atom stereocenters. The average molecular weight is 245 g/mol. The Labute approximate surface area is 103 Å². The molecule has 0 bridgehead atoms. The van der Waals surface area contributed by atoms with Crippen LogP contribution >= 0.6 is 12.4 Å². The van der Waals surface area contributed by atoms with E-state index in [4.69, 9.17) is 0 Å². The van der Waals surface area contributed by atoms with E-state index in [1.54, 1.807) is 0 Å². The molecule has 16 heavy (non-hydrogen) atoms. The van der Waals surface area contributed by atoms with Crippen molar-refractivity contribution in [3.05, 3.63) is 17.5 Å². The standard InChI is InChI=1S/C11H20N4.ClH/c1-9-10(6-13-14-9)8-15-5-3-4-11(15)7-12-2;/h6,11-12H,3-5,7-8H2,1-2H3,(H,13,14);1H. The van der Waals surface area contributed by atoms with Crippen molar-refractivity contribution in [1.29, 1.82) is 0 Å². The lowest BCUT2D eigenvalue weighted by atomic mass is 10.2.